The molecule has 0 aromatic carbocycles. The minimum absolute atomic E-state index is 0.565. The van der Waals surface area contributed by atoms with Gasteiger partial charge in [0.15, 0.2) is 6.19 Å². The smallest absolute Gasteiger partial charge is 0.182 e. The summed E-state index contributed by atoms with van der Waals surface area (Å²) in [6.07, 6.45) is 7.24. The van der Waals surface area contributed by atoms with Crippen LogP contribution in [0.15, 0.2) is 6.07 Å². The Labute approximate surface area is 108 Å². The van der Waals surface area contributed by atoms with E-state index in [9.17, 15) is 0 Å². The van der Waals surface area contributed by atoms with Gasteiger partial charge < -0.3 is 4.90 Å². The van der Waals surface area contributed by atoms with Crippen molar-refractivity contribution >= 4 is 11.6 Å². The van der Waals surface area contributed by atoms with E-state index in [1.54, 1.807) is 0 Å². The van der Waals surface area contributed by atoms with Crippen molar-refractivity contribution < 1.29 is 0 Å². The number of hydrogen-bond donors (Lipinski definition) is 1. The van der Waals surface area contributed by atoms with Gasteiger partial charge in [0.25, 0.3) is 0 Å². The number of nitriles is 1. The molecule has 0 amide bonds. The van der Waals surface area contributed by atoms with E-state index >= 15 is 0 Å². The molecule has 0 bridgehead atoms. The Hall–Kier alpha value is -1.83. The molecular weight excluding hydrogens is 226 g/mol. The lowest BCUT2D eigenvalue weighted by atomic mass is 9.83. The van der Waals surface area contributed by atoms with Gasteiger partial charge in [0.1, 0.15) is 17.5 Å². The van der Waals surface area contributed by atoms with E-state index in [-0.39, 0.29) is 0 Å². The molecule has 0 spiro atoms. The summed E-state index contributed by atoms with van der Waals surface area (Å²) < 4.78 is 0. The molecule has 1 heterocycles. The van der Waals surface area contributed by atoms with Crippen LogP contribution in [0.2, 0.25) is 0 Å². The summed E-state index contributed by atoms with van der Waals surface area (Å²) in [6, 6.07) is 1.82. The highest BCUT2D eigenvalue weighted by Gasteiger charge is 2.18. The van der Waals surface area contributed by atoms with Gasteiger partial charge >= 0.3 is 0 Å². The van der Waals surface area contributed by atoms with Crippen LogP contribution in [0, 0.1) is 24.3 Å². The first-order valence-electron chi connectivity index (χ1n) is 6.41. The fourth-order valence-corrected chi connectivity index (χ4v) is 2.14. The van der Waals surface area contributed by atoms with Crippen LogP contribution in [0.3, 0.4) is 0 Å². The van der Waals surface area contributed by atoms with Crippen molar-refractivity contribution in [1.29, 1.82) is 5.26 Å². The highest BCUT2D eigenvalue weighted by Crippen LogP contribution is 2.29. The highest BCUT2D eigenvalue weighted by atomic mass is 15.2. The van der Waals surface area contributed by atoms with Crippen LogP contribution in [-0.2, 0) is 0 Å². The number of aromatic nitrogens is 2. The molecular formula is C13H19N5. The molecule has 1 aliphatic carbocycles. The van der Waals surface area contributed by atoms with Crippen LogP contribution >= 0.6 is 0 Å². The summed E-state index contributed by atoms with van der Waals surface area (Å²) in [7, 11) is 2.04. The summed E-state index contributed by atoms with van der Waals surface area (Å²) in [4.78, 5) is 10.7. The molecule has 5 nitrogen and oxygen atoms in total. The van der Waals surface area contributed by atoms with Crippen molar-refractivity contribution in [1.82, 2.24) is 9.97 Å². The maximum atomic E-state index is 8.62. The van der Waals surface area contributed by atoms with E-state index in [1.807, 2.05) is 26.2 Å². The zero-order valence-corrected chi connectivity index (χ0v) is 11.0. The van der Waals surface area contributed by atoms with Crippen molar-refractivity contribution in [3.8, 4) is 6.19 Å². The minimum atomic E-state index is 0.565. The predicted molar refractivity (Wildman–Crippen MR) is 71.2 cm³/mol. The van der Waals surface area contributed by atoms with E-state index in [2.05, 4.69) is 20.2 Å². The minimum Gasteiger partial charge on any atom is -0.359 e. The molecule has 1 aromatic heterocycles. The molecule has 0 radical (unpaired) electrons. The van der Waals surface area contributed by atoms with Crippen molar-refractivity contribution in [2.24, 2.45) is 5.92 Å². The lowest BCUT2D eigenvalue weighted by Crippen LogP contribution is -2.24. The van der Waals surface area contributed by atoms with Crippen LogP contribution < -0.4 is 10.2 Å². The van der Waals surface area contributed by atoms with Gasteiger partial charge in [0, 0.05) is 19.7 Å². The Morgan fingerprint density at radius 1 is 1.50 bits per heavy atom. The molecule has 2 rings (SSSR count). The lowest BCUT2D eigenvalue weighted by molar-refractivity contribution is 0.299. The Morgan fingerprint density at radius 2 is 2.28 bits per heavy atom. The van der Waals surface area contributed by atoms with Crippen molar-refractivity contribution in [2.75, 3.05) is 23.8 Å². The van der Waals surface area contributed by atoms with E-state index < -0.39 is 0 Å². The van der Waals surface area contributed by atoms with E-state index in [4.69, 9.17) is 5.26 Å². The fourth-order valence-electron chi connectivity index (χ4n) is 2.14. The summed E-state index contributed by atoms with van der Waals surface area (Å²) in [5, 5.41) is 11.2. The first-order valence-corrected chi connectivity index (χ1v) is 6.41. The molecule has 1 aromatic rings. The Morgan fingerprint density at radius 3 is 2.89 bits per heavy atom. The molecule has 1 fully saturated rings. The van der Waals surface area contributed by atoms with Crippen LogP contribution in [-0.4, -0.2) is 23.6 Å². The molecule has 96 valence electrons. The molecule has 1 aliphatic rings. The third-order valence-corrected chi connectivity index (χ3v) is 3.50. The van der Waals surface area contributed by atoms with E-state index in [0.29, 0.717) is 11.6 Å². The van der Waals surface area contributed by atoms with Crippen LogP contribution in [0.25, 0.3) is 0 Å². The number of rotatable bonds is 5. The molecule has 0 unspecified atom stereocenters. The Balaban J connectivity index is 1.99. The molecule has 18 heavy (non-hydrogen) atoms. The third kappa shape index (κ3) is 3.10. The van der Waals surface area contributed by atoms with Gasteiger partial charge in [-0.1, -0.05) is 19.3 Å². The number of aryl methyl sites for hydroxylation is 1. The Kier molecular flexibility index (Phi) is 3.98. The quantitative estimate of drug-likeness (QED) is 0.637. The number of nitrogens with one attached hydrogen (secondary N) is 1. The van der Waals surface area contributed by atoms with Crippen LogP contribution in [0.1, 0.15) is 31.5 Å². The largest absolute Gasteiger partial charge is 0.359 e. The maximum absolute atomic E-state index is 8.62. The standard InChI is InChI=1S/C13H19N5/c1-10-16-12(15-9-14)8-13(17-10)18(2)7-6-11-4-3-5-11/h8,11H,3-7H2,1-2H3,(H,15,16,17). The SMILES string of the molecule is Cc1nc(NC#N)cc(N(C)CCC2CCC2)n1. The highest BCUT2D eigenvalue weighted by molar-refractivity contribution is 5.50. The first kappa shape index (κ1) is 12.6. The number of nitrogens with zero attached hydrogens (tertiary/aromatic N) is 4. The second kappa shape index (κ2) is 5.67. The monoisotopic (exact) mass is 245 g/mol. The molecule has 1 saturated carbocycles. The van der Waals surface area contributed by atoms with Crippen molar-refractivity contribution in [3.63, 3.8) is 0 Å². The van der Waals surface area contributed by atoms with Gasteiger partial charge in [0.05, 0.1) is 0 Å². The van der Waals surface area contributed by atoms with E-state index in [0.717, 1.165) is 18.3 Å². The zero-order chi connectivity index (χ0) is 13.0. The zero-order valence-electron chi connectivity index (χ0n) is 11.0. The second-order valence-electron chi connectivity index (χ2n) is 4.90. The summed E-state index contributed by atoms with van der Waals surface area (Å²) >= 11 is 0. The summed E-state index contributed by atoms with van der Waals surface area (Å²) in [5.41, 5.74) is 0. The topological polar surface area (TPSA) is 64.8 Å². The van der Waals surface area contributed by atoms with Gasteiger partial charge in [-0.15, -0.1) is 0 Å². The molecule has 1 N–H and O–H groups in total. The fraction of sp³-hybridized carbons (Fsp3) is 0.615. The molecule has 0 aliphatic heterocycles. The van der Waals surface area contributed by atoms with Crippen molar-refractivity contribution in [2.45, 2.75) is 32.6 Å². The third-order valence-electron chi connectivity index (χ3n) is 3.50. The second-order valence-corrected chi connectivity index (χ2v) is 4.90. The molecule has 0 atom stereocenters. The lowest BCUT2D eigenvalue weighted by Gasteiger charge is -2.28. The normalized spacial score (nSPS) is 14.7. The molecule has 5 heteroatoms. The van der Waals surface area contributed by atoms with E-state index in [1.165, 1.54) is 25.7 Å². The summed E-state index contributed by atoms with van der Waals surface area (Å²) in [6.45, 7) is 2.85. The first-order chi connectivity index (χ1) is 8.69. The predicted octanol–water partition coefficient (Wildman–Crippen LogP) is 2.30. The number of anilines is 2. The summed E-state index contributed by atoms with van der Waals surface area (Å²) in [5.74, 6) is 3.02. The average Bonchev–Trinajstić information content (AvgIpc) is 2.26. The maximum Gasteiger partial charge on any atom is 0.182 e. The molecule has 0 saturated heterocycles. The van der Waals surface area contributed by atoms with Gasteiger partial charge in [-0.25, -0.2) is 9.97 Å². The van der Waals surface area contributed by atoms with Crippen LogP contribution in [0.4, 0.5) is 11.6 Å². The van der Waals surface area contributed by atoms with Gasteiger partial charge in [-0.2, -0.15) is 5.26 Å². The van der Waals surface area contributed by atoms with Crippen molar-refractivity contribution in [3.05, 3.63) is 11.9 Å². The number of hydrogen-bond acceptors (Lipinski definition) is 5. The Bertz CT molecular complexity index is 447. The van der Waals surface area contributed by atoms with Crippen LogP contribution in [0.5, 0.6) is 0 Å². The van der Waals surface area contributed by atoms with Gasteiger partial charge in [-0.3, -0.25) is 5.32 Å². The van der Waals surface area contributed by atoms with Gasteiger partial charge in [-0.05, 0) is 19.3 Å². The van der Waals surface area contributed by atoms with Gasteiger partial charge in [0.2, 0.25) is 0 Å². The average molecular weight is 245 g/mol.